The minimum Gasteiger partial charge on any atom is -0.507 e. The fourth-order valence-corrected chi connectivity index (χ4v) is 1.51. The minimum atomic E-state index is -4.67. The summed E-state index contributed by atoms with van der Waals surface area (Å²) in [4.78, 5) is 10.3. The molecule has 0 amide bonds. The lowest BCUT2D eigenvalue weighted by Gasteiger charge is -2.15. The van der Waals surface area contributed by atoms with E-state index in [1.54, 1.807) is 0 Å². The first-order valence-corrected chi connectivity index (χ1v) is 5.01. The van der Waals surface area contributed by atoms with Crippen LogP contribution in [0.4, 0.5) is 13.2 Å². The van der Waals surface area contributed by atoms with Crippen LogP contribution in [-0.4, -0.2) is 22.4 Å². The summed E-state index contributed by atoms with van der Waals surface area (Å²) in [5, 5.41) is 24.0. The summed E-state index contributed by atoms with van der Waals surface area (Å²) in [5.41, 5.74) is -2.83. The number of aromatic hydroxyl groups is 1. The van der Waals surface area contributed by atoms with E-state index in [9.17, 15) is 23.1 Å². The number of carbonyl (C=O) groups is 1. The normalized spacial score (nSPS) is 16.8. The molecule has 1 aliphatic rings. The number of nitrogens with zero attached hydrogens (tertiary/aromatic N) is 2. The second-order valence-corrected chi connectivity index (χ2v) is 3.82. The van der Waals surface area contributed by atoms with Gasteiger partial charge < -0.3 is 10.2 Å². The molecule has 8 heteroatoms. The van der Waals surface area contributed by atoms with Crippen LogP contribution in [0.25, 0.3) is 6.08 Å². The molecule has 0 atom stereocenters. The molecule has 2 N–H and O–H groups in total. The first kappa shape index (κ1) is 13.1. The maximum atomic E-state index is 12.7. The number of halogens is 3. The number of alkyl halides is 3. The van der Waals surface area contributed by atoms with Crippen molar-refractivity contribution in [1.29, 1.82) is 0 Å². The first-order valence-electron chi connectivity index (χ1n) is 5.01. The second-order valence-electron chi connectivity index (χ2n) is 3.82. The molecule has 0 fully saturated rings. The average Bonchev–Trinajstić information content (AvgIpc) is 3.07. The molecule has 2 rings (SSSR count). The molecule has 0 bridgehead atoms. The Labute approximate surface area is 104 Å². The third-order valence-electron chi connectivity index (χ3n) is 2.53. The van der Waals surface area contributed by atoms with Crippen molar-refractivity contribution in [2.75, 3.05) is 0 Å². The van der Waals surface area contributed by atoms with Crippen molar-refractivity contribution >= 4 is 12.0 Å². The third kappa shape index (κ3) is 2.28. The van der Waals surface area contributed by atoms with E-state index in [1.165, 1.54) is 6.07 Å². The molecule has 1 aromatic rings. The quantitative estimate of drug-likeness (QED) is 0.830. The summed E-state index contributed by atoms with van der Waals surface area (Å²) < 4.78 is 38.1. The van der Waals surface area contributed by atoms with Gasteiger partial charge in [0.25, 0.3) is 0 Å². The molecule has 1 aliphatic heterocycles. The van der Waals surface area contributed by atoms with Gasteiger partial charge in [0.2, 0.25) is 0 Å². The van der Waals surface area contributed by atoms with Gasteiger partial charge >= 0.3 is 17.8 Å². The molecule has 100 valence electrons. The molecule has 1 aromatic carbocycles. The maximum Gasteiger partial charge on any atom is 0.442 e. The fraction of sp³-hybridized carbons (Fsp3) is 0.182. The van der Waals surface area contributed by atoms with Crippen molar-refractivity contribution in [3.05, 3.63) is 35.4 Å². The second kappa shape index (κ2) is 4.08. The number of phenols is 1. The van der Waals surface area contributed by atoms with Crippen LogP contribution in [0.15, 0.2) is 34.5 Å². The van der Waals surface area contributed by atoms with Crippen molar-refractivity contribution in [2.24, 2.45) is 10.2 Å². The molecule has 0 saturated heterocycles. The standard InChI is InChI=1S/C11H7F3N2O3/c12-11(13,14)10(15-16-10)7-3-1-6(8(17)5-7)2-4-9(18)19/h1-5,17H,(H,18,19)/b4-2+. The predicted octanol–water partition coefficient (Wildman–Crippen LogP) is 2.67. The van der Waals surface area contributed by atoms with E-state index in [1.807, 2.05) is 0 Å². The van der Waals surface area contributed by atoms with Crippen LogP contribution in [0.5, 0.6) is 5.75 Å². The van der Waals surface area contributed by atoms with Gasteiger partial charge in [0.1, 0.15) is 5.75 Å². The Hall–Kier alpha value is -2.38. The average molecular weight is 272 g/mol. The van der Waals surface area contributed by atoms with Gasteiger partial charge in [-0.1, -0.05) is 12.1 Å². The van der Waals surface area contributed by atoms with E-state index in [0.29, 0.717) is 0 Å². The van der Waals surface area contributed by atoms with Gasteiger partial charge in [-0.3, -0.25) is 0 Å². The molecule has 0 saturated carbocycles. The number of carboxylic acids is 1. The third-order valence-corrected chi connectivity index (χ3v) is 2.53. The maximum absolute atomic E-state index is 12.7. The lowest BCUT2D eigenvalue weighted by Crippen LogP contribution is -2.30. The number of aliphatic carboxylic acids is 1. The zero-order chi connectivity index (χ0) is 14.3. The number of phenolic OH excluding ortho intramolecular Hbond substituents is 1. The SMILES string of the molecule is O=C(O)/C=C/c1ccc(C2(C(F)(F)F)N=N2)cc1O. The monoisotopic (exact) mass is 272 g/mol. The highest BCUT2D eigenvalue weighted by Crippen LogP contribution is 2.52. The highest BCUT2D eigenvalue weighted by molar-refractivity contribution is 5.85. The van der Waals surface area contributed by atoms with E-state index in [-0.39, 0.29) is 11.1 Å². The molecule has 1 heterocycles. The number of benzene rings is 1. The van der Waals surface area contributed by atoms with Crippen LogP contribution >= 0.6 is 0 Å². The van der Waals surface area contributed by atoms with E-state index in [4.69, 9.17) is 5.11 Å². The Bertz CT molecular complexity index is 587. The Morgan fingerprint density at radius 1 is 1.32 bits per heavy atom. The first-order chi connectivity index (χ1) is 8.76. The Morgan fingerprint density at radius 3 is 2.37 bits per heavy atom. The zero-order valence-electron chi connectivity index (χ0n) is 9.22. The predicted molar refractivity (Wildman–Crippen MR) is 57.4 cm³/mol. The van der Waals surface area contributed by atoms with E-state index >= 15 is 0 Å². The van der Waals surface area contributed by atoms with Gasteiger partial charge in [-0.15, -0.1) is 10.2 Å². The van der Waals surface area contributed by atoms with E-state index in [0.717, 1.165) is 24.3 Å². The number of hydrogen-bond acceptors (Lipinski definition) is 4. The Morgan fingerprint density at radius 2 is 1.95 bits per heavy atom. The fourth-order valence-electron chi connectivity index (χ4n) is 1.51. The van der Waals surface area contributed by atoms with Crippen LogP contribution in [0.3, 0.4) is 0 Å². The molecular weight excluding hydrogens is 265 g/mol. The topological polar surface area (TPSA) is 82.2 Å². The highest BCUT2D eigenvalue weighted by Gasteiger charge is 2.65. The number of hydrogen-bond donors (Lipinski definition) is 2. The Kier molecular flexibility index (Phi) is 2.80. The van der Waals surface area contributed by atoms with Crippen LogP contribution in [0.2, 0.25) is 0 Å². The zero-order valence-corrected chi connectivity index (χ0v) is 9.22. The lowest BCUT2D eigenvalue weighted by atomic mass is 10.0. The van der Waals surface area contributed by atoms with Gasteiger partial charge in [-0.2, -0.15) is 13.2 Å². The molecule has 5 nitrogen and oxygen atoms in total. The van der Waals surface area contributed by atoms with Crippen LogP contribution in [-0.2, 0) is 10.5 Å². The van der Waals surface area contributed by atoms with E-state index in [2.05, 4.69) is 10.2 Å². The summed E-state index contributed by atoms with van der Waals surface area (Å²) in [5.74, 6) is -1.71. The van der Waals surface area contributed by atoms with Gasteiger partial charge in [0.05, 0.1) is 0 Å². The summed E-state index contributed by atoms with van der Waals surface area (Å²) in [6, 6.07) is 3.13. The van der Waals surface area contributed by atoms with Gasteiger partial charge in [-0.05, 0) is 12.1 Å². The van der Waals surface area contributed by atoms with Crippen molar-refractivity contribution in [3.8, 4) is 5.75 Å². The summed E-state index contributed by atoms with van der Waals surface area (Å²) in [7, 11) is 0. The van der Waals surface area contributed by atoms with Crippen molar-refractivity contribution < 1.29 is 28.2 Å². The molecule has 0 unspecified atom stereocenters. The summed E-state index contributed by atoms with van der Waals surface area (Å²) >= 11 is 0. The number of rotatable bonds is 3. The summed E-state index contributed by atoms with van der Waals surface area (Å²) in [6.45, 7) is 0. The van der Waals surface area contributed by atoms with E-state index < -0.39 is 23.6 Å². The molecule has 0 radical (unpaired) electrons. The largest absolute Gasteiger partial charge is 0.507 e. The van der Waals surface area contributed by atoms with Gasteiger partial charge in [0, 0.05) is 17.2 Å². The lowest BCUT2D eigenvalue weighted by molar-refractivity contribution is -0.166. The van der Waals surface area contributed by atoms with Crippen LogP contribution < -0.4 is 0 Å². The van der Waals surface area contributed by atoms with Crippen molar-refractivity contribution in [2.45, 2.75) is 11.8 Å². The van der Waals surface area contributed by atoms with Crippen LogP contribution in [0.1, 0.15) is 11.1 Å². The van der Waals surface area contributed by atoms with Crippen LogP contribution in [0, 0.1) is 0 Å². The molecular formula is C11H7F3N2O3. The van der Waals surface area contributed by atoms with Crippen molar-refractivity contribution in [1.82, 2.24) is 0 Å². The van der Waals surface area contributed by atoms with Crippen molar-refractivity contribution in [3.63, 3.8) is 0 Å². The molecule has 19 heavy (non-hydrogen) atoms. The van der Waals surface area contributed by atoms with Gasteiger partial charge in [0.15, 0.2) is 0 Å². The van der Waals surface area contributed by atoms with Gasteiger partial charge in [-0.25, -0.2) is 4.79 Å². The molecule has 0 aliphatic carbocycles. The Balaban J connectivity index is 2.33. The molecule has 0 spiro atoms. The smallest absolute Gasteiger partial charge is 0.442 e. The molecule has 0 aromatic heterocycles. The summed E-state index contributed by atoms with van der Waals surface area (Å²) in [6.07, 6.45) is -2.83. The highest BCUT2D eigenvalue weighted by atomic mass is 19.4. The number of carboxylic acid groups (broad SMARTS) is 1. The minimum absolute atomic E-state index is 0.0872.